The molecule has 3 rings (SSSR count). The van der Waals surface area contributed by atoms with Gasteiger partial charge in [-0.3, -0.25) is 9.78 Å². The Morgan fingerprint density at radius 2 is 1.90 bits per heavy atom. The summed E-state index contributed by atoms with van der Waals surface area (Å²) in [6, 6.07) is 9.69. The monoisotopic (exact) mass is 436 g/mol. The number of aliphatic hydroxyl groups is 1. The number of carbonyl (C=O) groups is 1. The second kappa shape index (κ2) is 9.82. The molecular weight excluding hydrogens is 418 g/mol. The van der Waals surface area contributed by atoms with Crippen molar-refractivity contribution in [2.24, 2.45) is 0 Å². The van der Waals surface area contributed by atoms with Gasteiger partial charge >= 0.3 is 0 Å². The molecule has 1 aromatic carbocycles. The highest BCUT2D eigenvalue weighted by Gasteiger charge is 2.25. The first-order valence-corrected chi connectivity index (χ1v) is 9.68. The van der Waals surface area contributed by atoms with Gasteiger partial charge in [0, 0.05) is 24.2 Å². The lowest BCUT2D eigenvalue weighted by molar-refractivity contribution is -0.121. The number of carbonyl (C=O) groups excluding carboxylic acids is 1. The molecule has 152 valence electrons. The molecule has 3 aromatic rings. The summed E-state index contributed by atoms with van der Waals surface area (Å²) in [5.74, 6) is -0.756. The van der Waals surface area contributed by atoms with Crippen molar-refractivity contribution in [1.82, 2.24) is 19.9 Å². The van der Waals surface area contributed by atoms with Gasteiger partial charge in [-0.2, -0.15) is 0 Å². The summed E-state index contributed by atoms with van der Waals surface area (Å²) in [4.78, 5) is 18.7. The maximum Gasteiger partial charge on any atom is 0.253 e. The van der Waals surface area contributed by atoms with E-state index in [0.29, 0.717) is 12.1 Å². The molecule has 2 aromatic heterocycles. The fourth-order valence-corrected chi connectivity index (χ4v) is 2.93. The van der Waals surface area contributed by atoms with Crippen LogP contribution in [0.2, 0.25) is 0 Å². The maximum atomic E-state index is 13.3. The molecule has 29 heavy (non-hydrogen) atoms. The third kappa shape index (κ3) is 5.53. The molecular formula is C20H19Cl2FN4O2. The van der Waals surface area contributed by atoms with Gasteiger partial charge in [0.1, 0.15) is 12.8 Å². The minimum Gasteiger partial charge on any atom is -0.386 e. The second-order valence-corrected chi connectivity index (χ2v) is 7.51. The number of imidazole rings is 1. The van der Waals surface area contributed by atoms with Gasteiger partial charge in [0.25, 0.3) is 5.91 Å². The summed E-state index contributed by atoms with van der Waals surface area (Å²) >= 11 is 10.9. The lowest BCUT2D eigenvalue weighted by Gasteiger charge is -2.22. The lowest BCUT2D eigenvalue weighted by Crippen LogP contribution is -2.43. The first-order chi connectivity index (χ1) is 14.0. The average Bonchev–Trinajstić information content (AvgIpc) is 3.25. The Balaban J connectivity index is 1.68. The van der Waals surface area contributed by atoms with Crippen molar-refractivity contribution in [3.63, 3.8) is 0 Å². The number of rotatable bonds is 8. The SMILES string of the molecule is O=C(NC(CF)C(O)c1ccc(-c2ccc(Cn3ccnc3)nc2)cc1)C(Cl)Cl. The van der Waals surface area contributed by atoms with Gasteiger partial charge in [-0.05, 0) is 17.2 Å². The predicted octanol–water partition coefficient (Wildman–Crippen LogP) is 3.28. The molecule has 0 saturated carbocycles. The van der Waals surface area contributed by atoms with E-state index >= 15 is 0 Å². The molecule has 0 aliphatic carbocycles. The molecule has 1 amide bonds. The molecule has 0 fully saturated rings. The number of aromatic nitrogens is 3. The summed E-state index contributed by atoms with van der Waals surface area (Å²) in [5.41, 5.74) is 3.16. The molecule has 2 N–H and O–H groups in total. The second-order valence-electron chi connectivity index (χ2n) is 6.41. The van der Waals surface area contributed by atoms with Gasteiger partial charge in [-0.15, -0.1) is 0 Å². The van der Waals surface area contributed by atoms with Crippen molar-refractivity contribution in [3.8, 4) is 11.1 Å². The molecule has 0 radical (unpaired) electrons. The summed E-state index contributed by atoms with van der Waals surface area (Å²) in [5, 5.41) is 12.7. The van der Waals surface area contributed by atoms with Gasteiger partial charge in [-0.1, -0.05) is 53.5 Å². The van der Waals surface area contributed by atoms with Crippen LogP contribution in [0.1, 0.15) is 17.4 Å². The van der Waals surface area contributed by atoms with Crippen LogP contribution in [0.4, 0.5) is 4.39 Å². The minimum atomic E-state index is -1.33. The third-order valence-electron chi connectivity index (χ3n) is 4.39. The molecule has 2 atom stereocenters. The van der Waals surface area contributed by atoms with E-state index in [-0.39, 0.29) is 0 Å². The van der Waals surface area contributed by atoms with E-state index in [2.05, 4.69) is 15.3 Å². The van der Waals surface area contributed by atoms with E-state index < -0.39 is 29.6 Å². The van der Waals surface area contributed by atoms with Gasteiger partial charge in [0.15, 0.2) is 4.84 Å². The van der Waals surface area contributed by atoms with Crippen molar-refractivity contribution in [1.29, 1.82) is 0 Å². The Labute approximate surface area is 177 Å². The molecule has 0 saturated heterocycles. The van der Waals surface area contributed by atoms with E-state index in [1.165, 1.54) is 0 Å². The number of pyridine rings is 1. The van der Waals surface area contributed by atoms with E-state index in [0.717, 1.165) is 16.8 Å². The van der Waals surface area contributed by atoms with Crippen molar-refractivity contribution in [3.05, 3.63) is 72.6 Å². The Morgan fingerprint density at radius 1 is 1.17 bits per heavy atom. The molecule has 0 aliphatic heterocycles. The highest BCUT2D eigenvalue weighted by atomic mass is 35.5. The summed E-state index contributed by atoms with van der Waals surface area (Å²) in [6.45, 7) is -0.329. The standard InChI is InChI=1S/C20H19Cl2FN4O2/c21-19(22)20(29)26-17(9-23)18(28)14-3-1-13(2-4-14)15-5-6-16(25-10-15)11-27-8-7-24-12-27/h1-8,10,12,17-19,28H,9,11H2,(H,26,29). The van der Waals surface area contributed by atoms with Gasteiger partial charge in [0.2, 0.25) is 0 Å². The van der Waals surface area contributed by atoms with Crippen LogP contribution in [0, 0.1) is 0 Å². The quantitative estimate of drug-likeness (QED) is 0.531. The largest absolute Gasteiger partial charge is 0.386 e. The van der Waals surface area contributed by atoms with Gasteiger partial charge in [-0.25, -0.2) is 9.37 Å². The molecule has 9 heteroatoms. The smallest absolute Gasteiger partial charge is 0.253 e. The normalized spacial score (nSPS) is 13.3. The van der Waals surface area contributed by atoms with E-state index in [1.54, 1.807) is 43.0 Å². The molecule has 2 heterocycles. The van der Waals surface area contributed by atoms with Crippen molar-refractivity contribution in [2.75, 3.05) is 6.67 Å². The number of hydrogen-bond donors (Lipinski definition) is 2. The number of hydrogen-bond acceptors (Lipinski definition) is 4. The van der Waals surface area contributed by atoms with Crippen LogP contribution in [0.15, 0.2) is 61.3 Å². The zero-order chi connectivity index (χ0) is 20.8. The number of amides is 1. The Hall–Kier alpha value is -2.48. The summed E-state index contributed by atoms with van der Waals surface area (Å²) < 4.78 is 15.2. The Morgan fingerprint density at radius 3 is 2.45 bits per heavy atom. The minimum absolute atomic E-state index is 0.460. The molecule has 6 nitrogen and oxygen atoms in total. The van der Waals surface area contributed by atoms with E-state index in [4.69, 9.17) is 23.2 Å². The molecule has 0 bridgehead atoms. The molecule has 0 spiro atoms. The van der Waals surface area contributed by atoms with Crippen LogP contribution in [0.5, 0.6) is 0 Å². The van der Waals surface area contributed by atoms with Gasteiger partial charge in [0.05, 0.1) is 24.6 Å². The van der Waals surface area contributed by atoms with Crippen molar-refractivity contribution >= 4 is 29.1 Å². The molecule has 2 unspecified atom stereocenters. The zero-order valence-corrected chi connectivity index (χ0v) is 16.8. The zero-order valence-electron chi connectivity index (χ0n) is 15.3. The highest BCUT2D eigenvalue weighted by molar-refractivity contribution is 6.53. The van der Waals surface area contributed by atoms with Crippen LogP contribution < -0.4 is 5.32 Å². The van der Waals surface area contributed by atoms with Crippen LogP contribution in [-0.4, -0.2) is 43.1 Å². The van der Waals surface area contributed by atoms with E-state index in [1.807, 2.05) is 22.9 Å². The topological polar surface area (TPSA) is 80.0 Å². The average molecular weight is 437 g/mol. The van der Waals surface area contributed by atoms with Crippen molar-refractivity contribution < 1.29 is 14.3 Å². The number of alkyl halides is 3. The number of nitrogens with one attached hydrogen (secondary N) is 1. The highest BCUT2D eigenvalue weighted by Crippen LogP contribution is 2.24. The number of nitrogens with zero attached hydrogens (tertiary/aromatic N) is 3. The predicted molar refractivity (Wildman–Crippen MR) is 109 cm³/mol. The summed E-state index contributed by atoms with van der Waals surface area (Å²) in [6.07, 6.45) is 5.84. The number of halogens is 3. The lowest BCUT2D eigenvalue weighted by atomic mass is 9.99. The number of aliphatic hydroxyl groups excluding tert-OH is 1. The van der Waals surface area contributed by atoms with Crippen LogP contribution in [0.25, 0.3) is 11.1 Å². The fourth-order valence-electron chi connectivity index (χ4n) is 2.81. The van der Waals surface area contributed by atoms with E-state index in [9.17, 15) is 14.3 Å². The Kier molecular flexibility index (Phi) is 7.19. The van der Waals surface area contributed by atoms with Crippen LogP contribution >= 0.6 is 23.2 Å². The molecule has 0 aliphatic rings. The summed E-state index contributed by atoms with van der Waals surface area (Å²) in [7, 11) is 0. The Bertz CT molecular complexity index is 919. The van der Waals surface area contributed by atoms with Crippen LogP contribution in [-0.2, 0) is 11.3 Å². The first kappa shape index (κ1) is 21.2. The number of benzene rings is 1. The third-order valence-corrected chi connectivity index (χ3v) is 4.78. The van der Waals surface area contributed by atoms with Crippen molar-refractivity contribution in [2.45, 2.75) is 23.5 Å². The van der Waals surface area contributed by atoms with Crippen LogP contribution in [0.3, 0.4) is 0 Å². The first-order valence-electron chi connectivity index (χ1n) is 8.81. The maximum absolute atomic E-state index is 13.3. The fraction of sp³-hybridized carbons (Fsp3) is 0.250. The van der Waals surface area contributed by atoms with Gasteiger partial charge < -0.3 is 15.0 Å².